The van der Waals surface area contributed by atoms with Gasteiger partial charge in [-0.1, -0.05) is 185 Å². The van der Waals surface area contributed by atoms with E-state index in [1.165, 1.54) is 127 Å². The van der Waals surface area contributed by atoms with Crippen LogP contribution in [0.15, 0.2) is 362 Å². The Balaban J connectivity index is 0.000000102. The van der Waals surface area contributed by atoms with Crippen molar-refractivity contribution in [3.63, 3.8) is 0 Å². The number of nitrogens with zero attached hydrogens (tertiary/aromatic N) is 5. The van der Waals surface area contributed by atoms with Crippen LogP contribution in [-0.4, -0.2) is 0 Å². The van der Waals surface area contributed by atoms with Gasteiger partial charge in [-0.3, -0.25) is 0 Å². The first-order chi connectivity index (χ1) is 68.8. The first-order valence-electron chi connectivity index (χ1n) is 50.4. The molecule has 0 spiro atoms. The maximum atomic E-state index is 8.99. The maximum Gasteiger partial charge on any atom is 0.212 e. The molecule has 10 heteroatoms. The standard InChI is InChI=1S/C28H26NO.C26H24NO.C25H22NO.C24H20NO.C23H18NO/c1-18-15-27-24(28-22-10-6-5-9-20(22)11-12-26(28)30-27)17-23(18)25-16-21(13-14-29(25)2)19-7-3-4-8-19;1-16(2)19-11-12-27(4)23(14-19)21-15-22-25(13-17(21)3)28-24-10-9-18-7-5-6-8-20(18)26(22)24;1-4-17-11-12-26(3)22(14-17)20-15-21-24(13-16(20)2)27-23-10-9-18-7-5-6-8-19(18)25(21)23;1-15-10-11-25(3)21(12-15)19-14-20-23(13-16(19)2)26-22-9-8-17-6-4-5-7-18(17)24(20)22;1-15-13-22-19(14-18(15)20-9-5-6-12-24(20)2)23-17-8-4-3-7-16(17)10-11-21(23)25-22/h5-6,9-17,19H,3-4,7-8H2,1-2H3;5-16H,1-4H3;5-15H,4H2,1-3H3;4-14H,1-3H3;3-14H,1-2H3/q5*+1/i19D;1D3,16D;4D2;;. The summed E-state index contributed by atoms with van der Waals surface area (Å²) >= 11 is 0. The van der Waals surface area contributed by atoms with Crippen LogP contribution in [0.5, 0.6) is 0 Å². The predicted octanol–water partition coefficient (Wildman–Crippen LogP) is 31.3. The molecular weight excluding hydrogens is 1660 g/mol. The van der Waals surface area contributed by atoms with Crippen LogP contribution in [0.2, 0.25) is 0 Å². The Bertz CT molecular complexity index is 9490. The zero-order chi connectivity index (χ0) is 99.1. The molecule has 0 saturated heterocycles. The molecule has 0 bridgehead atoms. The highest BCUT2D eigenvalue weighted by atomic mass is 16.3. The lowest BCUT2D eigenvalue weighted by atomic mass is 9.94. The molecule has 0 N–H and O–H groups in total. The number of benzene rings is 15. The van der Waals surface area contributed by atoms with Gasteiger partial charge in [-0.15, -0.1) is 0 Å². The van der Waals surface area contributed by atoms with Gasteiger partial charge in [-0.05, 0) is 274 Å². The molecule has 1 fully saturated rings. The number of furan rings is 5. The van der Waals surface area contributed by atoms with Gasteiger partial charge in [0, 0.05) is 152 Å². The quantitative estimate of drug-likeness (QED) is 0.142. The molecular formula is C126H110N5O5+5. The lowest BCUT2D eigenvalue weighted by Gasteiger charge is -2.11. The van der Waals surface area contributed by atoms with Crippen LogP contribution >= 0.6 is 0 Å². The molecule has 0 amide bonds. The summed E-state index contributed by atoms with van der Waals surface area (Å²) in [6.07, 6.45) is 12.9. The summed E-state index contributed by atoms with van der Waals surface area (Å²) in [6, 6.07) is 107. The largest absolute Gasteiger partial charge is 0.456 e. The summed E-state index contributed by atoms with van der Waals surface area (Å²) in [5.41, 5.74) is 29.6. The Morgan fingerprint density at radius 2 is 0.603 bits per heavy atom. The van der Waals surface area contributed by atoms with Crippen molar-refractivity contribution < 1.29 is 54.5 Å². The zero-order valence-corrected chi connectivity index (χ0v) is 78.9. The number of rotatable bonds is 8. The van der Waals surface area contributed by atoms with Gasteiger partial charge in [0.25, 0.3) is 0 Å². The SMILES string of the molecule is Cc1cc2oc3ccc4ccccc4c3c2cc1-c1cccc[n+]1C.Cc1cc[n+](C)c(-c2cc3c(cc2C)oc2ccc4ccccc4c23)c1.[2H]C([2H])(C)c1cc[n+](C)c(-c2cc3c(cc2C)oc2ccc4ccccc4c23)c1.[2H]C([2H])([2H])C([2H])(C)c1cc[n+](C)c(-c2cc3c(cc2C)oc2ccc4ccccc4c23)c1.[2H]C1(c2cc[n+](C)c(-c3cc4c(cc3C)oc3ccc5ccccc5c34)c2)CCCC1. The first-order valence-corrected chi connectivity index (χ1v) is 46.9. The third kappa shape index (κ3) is 15.5. The molecule has 1 aliphatic rings. The molecule has 664 valence electrons. The maximum absolute atomic E-state index is 8.99. The third-order valence-electron chi connectivity index (χ3n) is 28.1. The number of aromatic nitrogens is 5. The predicted molar refractivity (Wildman–Crippen MR) is 562 cm³/mol. The van der Waals surface area contributed by atoms with Crippen LogP contribution in [0.3, 0.4) is 0 Å². The van der Waals surface area contributed by atoms with E-state index in [0.29, 0.717) is 11.1 Å². The molecule has 10 nitrogen and oxygen atoms in total. The van der Waals surface area contributed by atoms with E-state index < -0.39 is 25.0 Å². The normalized spacial score (nSPS) is 14.1. The summed E-state index contributed by atoms with van der Waals surface area (Å²) in [5, 5.41) is 23.5. The highest BCUT2D eigenvalue weighted by Gasteiger charge is 2.28. The fourth-order valence-electron chi connectivity index (χ4n) is 20.8. The molecule has 1 aliphatic carbocycles. The average molecular weight is 1780 g/mol. The van der Waals surface area contributed by atoms with Crippen LogP contribution in [-0.2, 0) is 41.6 Å². The van der Waals surface area contributed by atoms with Gasteiger partial charge in [-0.25, -0.2) is 22.8 Å². The second kappa shape index (κ2) is 35.1. The Morgan fingerprint density at radius 1 is 0.301 bits per heavy atom. The minimum Gasteiger partial charge on any atom is -0.456 e. The van der Waals surface area contributed by atoms with Gasteiger partial charge in [0.15, 0.2) is 31.0 Å². The number of fused-ring (bicyclic) bond motifs is 25. The number of hydrogen-bond acceptors (Lipinski definition) is 5. The van der Waals surface area contributed by atoms with Crippen LogP contribution in [0, 0.1) is 41.5 Å². The molecule has 1 atom stereocenters. The Hall–Kier alpha value is -15.7. The first kappa shape index (κ1) is 77.9. The van der Waals surface area contributed by atoms with Gasteiger partial charge in [0.1, 0.15) is 91.1 Å². The molecule has 26 rings (SSSR count). The second-order valence-electron chi connectivity index (χ2n) is 36.9. The lowest BCUT2D eigenvalue weighted by molar-refractivity contribution is -0.660. The minimum atomic E-state index is -2.43. The van der Waals surface area contributed by atoms with Crippen molar-refractivity contribution in [1.29, 1.82) is 0 Å². The summed E-state index contributed by atoms with van der Waals surface area (Å²) < 4.78 is 98.6. The molecule has 10 aromatic heterocycles. The Morgan fingerprint density at radius 3 is 0.956 bits per heavy atom. The van der Waals surface area contributed by atoms with Crippen molar-refractivity contribution >= 4 is 164 Å². The highest BCUT2D eigenvalue weighted by Crippen LogP contribution is 2.46. The highest BCUT2D eigenvalue weighted by molar-refractivity contribution is 6.24. The molecule has 1 saturated carbocycles. The molecule has 1 unspecified atom stereocenters. The summed E-state index contributed by atoms with van der Waals surface area (Å²) in [7, 11) is 10.2. The summed E-state index contributed by atoms with van der Waals surface area (Å²) in [5.74, 6) is -2.15. The molecule has 0 aliphatic heterocycles. The van der Waals surface area contributed by atoms with Crippen molar-refractivity contribution in [2.45, 2.75) is 106 Å². The monoisotopic (exact) mass is 1780 g/mol. The van der Waals surface area contributed by atoms with Crippen LogP contribution in [0.25, 0.3) is 220 Å². The van der Waals surface area contributed by atoms with Crippen molar-refractivity contribution in [3.8, 4) is 56.3 Å². The summed E-state index contributed by atoms with van der Waals surface area (Å²) in [4.78, 5) is 0. The van der Waals surface area contributed by atoms with Gasteiger partial charge in [-0.2, -0.15) is 0 Å². The molecule has 10 heterocycles. The number of pyridine rings is 5. The Labute approximate surface area is 801 Å². The molecule has 25 aromatic rings. The van der Waals surface area contributed by atoms with Gasteiger partial charge >= 0.3 is 0 Å². The van der Waals surface area contributed by atoms with Crippen molar-refractivity contribution in [1.82, 2.24) is 0 Å². The van der Waals surface area contributed by atoms with E-state index in [9.17, 15) is 0 Å². The van der Waals surface area contributed by atoms with E-state index in [-0.39, 0.29) is 0 Å². The van der Waals surface area contributed by atoms with Crippen molar-refractivity contribution in [2.24, 2.45) is 35.2 Å². The van der Waals surface area contributed by atoms with Crippen LogP contribution < -0.4 is 22.8 Å². The lowest BCUT2D eigenvalue weighted by Crippen LogP contribution is -2.31. The smallest absolute Gasteiger partial charge is 0.212 e. The minimum absolute atomic E-state index is 0.445. The van der Waals surface area contributed by atoms with E-state index in [1.54, 1.807) is 13.0 Å². The van der Waals surface area contributed by atoms with Gasteiger partial charge in [0.2, 0.25) is 28.5 Å². The van der Waals surface area contributed by atoms with Gasteiger partial charge in [0.05, 0.1) is 0 Å². The second-order valence-corrected chi connectivity index (χ2v) is 36.9. The van der Waals surface area contributed by atoms with Gasteiger partial charge < -0.3 is 22.1 Å². The average Bonchev–Trinajstić information content (AvgIpc) is 1.67. The van der Waals surface area contributed by atoms with E-state index in [0.717, 1.165) is 164 Å². The fourth-order valence-corrected chi connectivity index (χ4v) is 20.8. The molecule has 15 aromatic carbocycles. The van der Waals surface area contributed by atoms with Crippen molar-refractivity contribution in [2.75, 3.05) is 0 Å². The Kier molecular flexibility index (Phi) is 20.1. The zero-order valence-electron chi connectivity index (χ0n) is 85.9. The third-order valence-corrected chi connectivity index (χ3v) is 28.1. The van der Waals surface area contributed by atoms with E-state index in [1.807, 2.05) is 91.1 Å². The van der Waals surface area contributed by atoms with E-state index >= 15 is 0 Å². The summed E-state index contributed by atoms with van der Waals surface area (Å²) in [6.45, 7) is 13.3. The molecule has 136 heavy (non-hydrogen) atoms. The number of hydrogen-bond donors (Lipinski definition) is 0. The van der Waals surface area contributed by atoms with Crippen LogP contribution in [0.4, 0.5) is 0 Å². The van der Waals surface area contributed by atoms with E-state index in [2.05, 4.69) is 343 Å². The molecule has 0 radical (unpaired) electrons. The van der Waals surface area contributed by atoms with E-state index in [4.69, 9.17) is 31.7 Å². The topological polar surface area (TPSA) is 85.1 Å². The number of aryl methyl sites for hydroxylation is 12. The van der Waals surface area contributed by atoms with Crippen molar-refractivity contribution in [3.05, 3.63) is 390 Å². The fraction of sp³-hybridized carbons (Fsp3) is 0.167. The van der Waals surface area contributed by atoms with Crippen LogP contribution in [0.1, 0.15) is 118 Å².